The van der Waals surface area contributed by atoms with Gasteiger partial charge in [0.15, 0.2) is 12.4 Å². The van der Waals surface area contributed by atoms with E-state index in [1.165, 1.54) is 6.92 Å². The van der Waals surface area contributed by atoms with Crippen LogP contribution in [0.5, 0.6) is 5.75 Å². The SMILES string of the molecule is CC(=O)c1cccc(OCC(=O)Nc2cc(Br)ccc2N2CCOCC2)c1. The number of nitrogens with one attached hydrogen (secondary N) is 1. The normalized spacial score (nSPS) is 13.9. The van der Waals surface area contributed by atoms with Crippen LogP contribution >= 0.6 is 15.9 Å². The van der Waals surface area contributed by atoms with Crippen molar-refractivity contribution in [1.82, 2.24) is 0 Å². The second-order valence-electron chi connectivity index (χ2n) is 6.18. The van der Waals surface area contributed by atoms with Crippen molar-refractivity contribution >= 4 is 39.0 Å². The molecule has 6 nitrogen and oxygen atoms in total. The largest absolute Gasteiger partial charge is 0.484 e. The first-order valence-electron chi connectivity index (χ1n) is 8.69. The summed E-state index contributed by atoms with van der Waals surface area (Å²) >= 11 is 3.45. The smallest absolute Gasteiger partial charge is 0.262 e. The molecule has 0 radical (unpaired) electrons. The minimum absolute atomic E-state index is 0.0470. The van der Waals surface area contributed by atoms with Crippen LogP contribution < -0.4 is 15.0 Å². The molecule has 2 aromatic carbocycles. The molecule has 0 saturated carbocycles. The highest BCUT2D eigenvalue weighted by Gasteiger charge is 2.17. The third-order valence-electron chi connectivity index (χ3n) is 4.19. The molecule has 0 spiro atoms. The Hall–Kier alpha value is -2.38. The van der Waals surface area contributed by atoms with Crippen LogP contribution in [0, 0.1) is 0 Å². The van der Waals surface area contributed by atoms with Gasteiger partial charge in [0, 0.05) is 23.1 Å². The summed E-state index contributed by atoms with van der Waals surface area (Å²) in [6.07, 6.45) is 0. The highest BCUT2D eigenvalue weighted by molar-refractivity contribution is 9.10. The molecule has 1 aliphatic heterocycles. The molecule has 0 atom stereocenters. The third kappa shape index (κ3) is 5.30. The predicted molar refractivity (Wildman–Crippen MR) is 108 cm³/mol. The standard InChI is InChI=1S/C20H21BrN2O4/c1-14(24)15-3-2-4-17(11-15)27-13-20(25)22-18-12-16(21)5-6-19(18)23-7-9-26-10-8-23/h2-6,11-12H,7-10,13H2,1H3,(H,22,25). The monoisotopic (exact) mass is 432 g/mol. The predicted octanol–water partition coefficient (Wildman–Crippen LogP) is 3.51. The van der Waals surface area contributed by atoms with Crippen molar-refractivity contribution in [2.45, 2.75) is 6.92 Å². The van der Waals surface area contributed by atoms with E-state index in [0.29, 0.717) is 24.5 Å². The number of Topliss-reactive ketones (excluding diaryl/α,β-unsaturated/α-hetero) is 1. The molecule has 27 heavy (non-hydrogen) atoms. The molecule has 0 aliphatic carbocycles. The molecule has 0 unspecified atom stereocenters. The van der Waals surface area contributed by atoms with E-state index in [4.69, 9.17) is 9.47 Å². The molecular weight excluding hydrogens is 412 g/mol. The van der Waals surface area contributed by atoms with Crippen LogP contribution in [-0.4, -0.2) is 44.6 Å². The minimum Gasteiger partial charge on any atom is -0.484 e. The van der Waals surface area contributed by atoms with E-state index in [0.717, 1.165) is 28.9 Å². The molecule has 1 N–H and O–H groups in total. The van der Waals surface area contributed by atoms with E-state index in [-0.39, 0.29) is 18.3 Å². The number of halogens is 1. The minimum atomic E-state index is -0.268. The number of nitrogens with zero attached hydrogens (tertiary/aromatic N) is 1. The molecule has 1 saturated heterocycles. The van der Waals surface area contributed by atoms with Gasteiger partial charge >= 0.3 is 0 Å². The summed E-state index contributed by atoms with van der Waals surface area (Å²) in [4.78, 5) is 26.0. The topological polar surface area (TPSA) is 67.9 Å². The summed E-state index contributed by atoms with van der Waals surface area (Å²) in [6, 6.07) is 12.6. The fourth-order valence-electron chi connectivity index (χ4n) is 2.83. The van der Waals surface area contributed by atoms with Gasteiger partial charge in [-0.3, -0.25) is 9.59 Å². The number of ether oxygens (including phenoxy) is 2. The number of anilines is 2. The average molecular weight is 433 g/mol. The lowest BCUT2D eigenvalue weighted by Crippen LogP contribution is -2.37. The maximum absolute atomic E-state index is 12.4. The summed E-state index contributed by atoms with van der Waals surface area (Å²) in [7, 11) is 0. The Morgan fingerprint density at radius 1 is 1.19 bits per heavy atom. The molecule has 0 aromatic heterocycles. The van der Waals surface area contributed by atoms with Gasteiger partial charge in [0.25, 0.3) is 5.91 Å². The van der Waals surface area contributed by atoms with E-state index in [9.17, 15) is 9.59 Å². The van der Waals surface area contributed by atoms with Gasteiger partial charge in [0.05, 0.1) is 24.6 Å². The number of carbonyl (C=O) groups excluding carboxylic acids is 2. The zero-order valence-corrected chi connectivity index (χ0v) is 16.6. The first-order chi connectivity index (χ1) is 13.0. The molecule has 1 heterocycles. The lowest BCUT2D eigenvalue weighted by atomic mass is 10.1. The van der Waals surface area contributed by atoms with Gasteiger partial charge in [-0.25, -0.2) is 0 Å². The second kappa shape index (κ2) is 9.01. The van der Waals surface area contributed by atoms with Crippen LogP contribution in [0.1, 0.15) is 17.3 Å². The molecule has 2 aromatic rings. The summed E-state index contributed by atoms with van der Waals surface area (Å²) in [5.41, 5.74) is 2.22. The molecule has 7 heteroatoms. The van der Waals surface area contributed by atoms with Crippen LogP contribution in [0.25, 0.3) is 0 Å². The van der Waals surface area contributed by atoms with Crippen LogP contribution in [0.15, 0.2) is 46.9 Å². The molecule has 0 bridgehead atoms. The Labute approximate surface area is 166 Å². The molecular formula is C20H21BrN2O4. The molecule has 1 aliphatic rings. The van der Waals surface area contributed by atoms with Crippen molar-refractivity contribution in [3.8, 4) is 5.75 Å². The number of ketones is 1. The van der Waals surface area contributed by atoms with Crippen LogP contribution in [0.4, 0.5) is 11.4 Å². The first kappa shape index (κ1) is 19.4. The highest BCUT2D eigenvalue weighted by atomic mass is 79.9. The highest BCUT2D eigenvalue weighted by Crippen LogP contribution is 2.30. The number of benzene rings is 2. The zero-order valence-electron chi connectivity index (χ0n) is 15.0. The van der Waals surface area contributed by atoms with Crippen molar-refractivity contribution < 1.29 is 19.1 Å². The number of hydrogen-bond acceptors (Lipinski definition) is 5. The Morgan fingerprint density at radius 3 is 2.70 bits per heavy atom. The van der Waals surface area contributed by atoms with E-state index in [2.05, 4.69) is 26.1 Å². The Balaban J connectivity index is 1.66. The number of amides is 1. The summed E-state index contributed by atoms with van der Waals surface area (Å²) in [5.74, 6) is 0.172. The Kier molecular flexibility index (Phi) is 6.47. The van der Waals surface area contributed by atoms with E-state index >= 15 is 0 Å². The lowest BCUT2D eigenvalue weighted by Gasteiger charge is -2.30. The fraction of sp³-hybridized carbons (Fsp3) is 0.300. The quantitative estimate of drug-likeness (QED) is 0.707. The Bertz CT molecular complexity index is 834. The van der Waals surface area contributed by atoms with E-state index in [1.807, 2.05) is 18.2 Å². The number of carbonyl (C=O) groups is 2. The van der Waals surface area contributed by atoms with Gasteiger partial charge in [-0.05, 0) is 37.3 Å². The average Bonchev–Trinajstić information content (AvgIpc) is 2.67. The van der Waals surface area contributed by atoms with Crippen molar-refractivity contribution in [2.24, 2.45) is 0 Å². The lowest BCUT2D eigenvalue weighted by molar-refractivity contribution is -0.118. The van der Waals surface area contributed by atoms with Crippen molar-refractivity contribution in [2.75, 3.05) is 43.1 Å². The molecule has 142 valence electrons. The van der Waals surface area contributed by atoms with Crippen LogP contribution in [0.2, 0.25) is 0 Å². The third-order valence-corrected chi connectivity index (χ3v) is 4.69. The van der Waals surface area contributed by atoms with Gasteiger partial charge in [-0.1, -0.05) is 28.1 Å². The summed E-state index contributed by atoms with van der Waals surface area (Å²) in [5, 5.41) is 2.91. The maximum Gasteiger partial charge on any atom is 0.262 e. The second-order valence-corrected chi connectivity index (χ2v) is 7.10. The van der Waals surface area contributed by atoms with Crippen molar-refractivity contribution in [3.63, 3.8) is 0 Å². The van der Waals surface area contributed by atoms with Crippen LogP contribution in [-0.2, 0) is 9.53 Å². The van der Waals surface area contributed by atoms with Gasteiger partial charge in [-0.15, -0.1) is 0 Å². The zero-order chi connectivity index (χ0) is 19.2. The van der Waals surface area contributed by atoms with Gasteiger partial charge < -0.3 is 19.7 Å². The summed E-state index contributed by atoms with van der Waals surface area (Å²) < 4.78 is 11.8. The molecule has 1 fully saturated rings. The van der Waals surface area contributed by atoms with E-state index in [1.54, 1.807) is 24.3 Å². The van der Waals surface area contributed by atoms with Crippen LogP contribution in [0.3, 0.4) is 0 Å². The first-order valence-corrected chi connectivity index (χ1v) is 9.48. The number of morpholine rings is 1. The maximum atomic E-state index is 12.4. The van der Waals surface area contributed by atoms with Crippen molar-refractivity contribution in [3.05, 3.63) is 52.5 Å². The van der Waals surface area contributed by atoms with Gasteiger partial charge in [0.1, 0.15) is 5.75 Å². The number of rotatable bonds is 6. The summed E-state index contributed by atoms with van der Waals surface area (Å²) in [6.45, 7) is 4.23. The van der Waals surface area contributed by atoms with Gasteiger partial charge in [-0.2, -0.15) is 0 Å². The van der Waals surface area contributed by atoms with E-state index < -0.39 is 0 Å². The molecule has 1 amide bonds. The molecule has 3 rings (SSSR count). The number of hydrogen-bond donors (Lipinski definition) is 1. The Morgan fingerprint density at radius 2 is 1.96 bits per heavy atom. The fourth-order valence-corrected chi connectivity index (χ4v) is 3.19. The van der Waals surface area contributed by atoms with Gasteiger partial charge in [0.2, 0.25) is 0 Å². The van der Waals surface area contributed by atoms with Crippen molar-refractivity contribution in [1.29, 1.82) is 0 Å².